The smallest absolute Gasteiger partial charge is 0.416 e. The molecule has 2 aliphatic rings. The maximum Gasteiger partial charge on any atom is 0.416 e. The summed E-state index contributed by atoms with van der Waals surface area (Å²) in [5, 5.41) is 38.3. The highest BCUT2D eigenvalue weighted by molar-refractivity contribution is 6.04. The van der Waals surface area contributed by atoms with E-state index in [1.807, 2.05) is 0 Å². The number of carbonyl (C=O) groups excluding carboxylic acids is 3. The van der Waals surface area contributed by atoms with Crippen molar-refractivity contribution in [2.45, 2.75) is 51.1 Å². The van der Waals surface area contributed by atoms with Crippen LogP contribution in [0.25, 0.3) is 22.1 Å². The number of pyridine rings is 4. The lowest BCUT2D eigenvalue weighted by molar-refractivity contribution is -0.138. The van der Waals surface area contributed by atoms with Gasteiger partial charge in [-0.2, -0.15) is 36.5 Å². The molecule has 0 spiro atoms. The number of ether oxygens (including phenoxy) is 2. The van der Waals surface area contributed by atoms with Crippen LogP contribution in [0.3, 0.4) is 0 Å². The number of hydrogen-bond acceptors (Lipinski definition) is 15. The highest BCUT2D eigenvalue weighted by Crippen LogP contribution is 2.36. The maximum absolute atomic E-state index is 12.9. The predicted octanol–water partition coefficient (Wildman–Crippen LogP) is 9.29. The molecule has 2 saturated heterocycles. The fraction of sp³-hybridized carbons (Fsp3) is 0.222. The van der Waals surface area contributed by atoms with Crippen molar-refractivity contribution >= 4 is 69.0 Å². The van der Waals surface area contributed by atoms with Crippen molar-refractivity contribution in [2.75, 3.05) is 47.4 Å². The summed E-state index contributed by atoms with van der Waals surface area (Å²) in [6, 6.07) is 19.1. The SMILES string of the molecule is CC#CC(=O)N1CC[C@@H](Nc2n[nH]c3nccc(Oc4ccc(C(=O)Nc5cc(C(F)(F)F)ccn5)cc4)c23)C1.CC=CC(=O)O.O=C(Nc1cc(C(F)(F)F)ccn1)c1ccc(Oc2ccnc3[nH]nc(N[C@@H]4CCNC4)c23)cc1. The standard InChI is InChI=1S/C27H22F3N7O3.C23H20F3N7O2.C4H6O2/c1-2-3-22(38)37-13-10-18(15-37)33-25-23-20(9-12-32-24(23)35-36-25)40-19-6-4-16(5-7-19)26(39)34-21-14-17(8-11-31-21)27(28,29)30;24-23(25,26)14-5-9-28-18(11-14)31-22(34)13-1-3-16(4-2-13)35-17-7-10-29-20-19(17)21(33-32-20)30-15-6-8-27-12-15;1-2-3-4(5)6/h4-9,11-12,14,18H,10,13,15H2,1H3,(H,31,34,39)(H2,32,33,35,36);1-5,7,9-11,15,27H,6,8,12H2,(H,28,31,34)(H2,29,30,32,33);2-3H,1H3,(H,5,6)/t18-;15-;/m11./s1. The van der Waals surface area contributed by atoms with Crippen molar-refractivity contribution in [1.82, 2.24) is 50.5 Å². The summed E-state index contributed by atoms with van der Waals surface area (Å²) < 4.78 is 89.6. The number of likely N-dealkylation sites (tertiary alicyclic amines) is 1. The summed E-state index contributed by atoms with van der Waals surface area (Å²) in [5.41, 5.74) is -0.315. The Morgan fingerprint density at radius 2 is 1.16 bits per heavy atom. The number of nitrogens with one attached hydrogen (secondary N) is 7. The van der Waals surface area contributed by atoms with E-state index in [-0.39, 0.29) is 40.8 Å². The van der Waals surface area contributed by atoms with Gasteiger partial charge in [-0.15, -0.1) is 0 Å². The Kier molecular flexibility index (Phi) is 18.0. The average molecular weight is 1120 g/mol. The van der Waals surface area contributed by atoms with Crippen LogP contribution in [0.5, 0.6) is 23.0 Å². The topological polar surface area (TPSA) is 279 Å². The minimum Gasteiger partial charge on any atom is -0.478 e. The molecule has 81 heavy (non-hydrogen) atoms. The number of fused-ring (bicyclic) bond motifs is 2. The number of hydrogen-bond donors (Lipinski definition) is 8. The fourth-order valence-electron chi connectivity index (χ4n) is 8.11. The number of carbonyl (C=O) groups is 4. The lowest BCUT2D eigenvalue weighted by atomic mass is 10.2. The Balaban J connectivity index is 0.000000194. The maximum atomic E-state index is 12.9. The molecular weight excluding hydrogens is 1070 g/mol. The summed E-state index contributed by atoms with van der Waals surface area (Å²) in [6.45, 7) is 6.12. The Morgan fingerprint density at radius 1 is 0.679 bits per heavy atom. The quantitative estimate of drug-likeness (QED) is 0.0303. The molecule has 27 heteroatoms. The van der Waals surface area contributed by atoms with Gasteiger partial charge in [0.15, 0.2) is 22.9 Å². The first kappa shape index (κ1) is 57.1. The van der Waals surface area contributed by atoms with Crippen LogP contribution < -0.4 is 36.1 Å². The summed E-state index contributed by atoms with van der Waals surface area (Å²) in [7, 11) is 0. The number of allylic oxidation sites excluding steroid dienone is 1. The van der Waals surface area contributed by atoms with E-state index in [0.717, 1.165) is 68.7 Å². The number of carboxylic acid groups (broad SMARTS) is 1. The monoisotopic (exact) mass is 1120 g/mol. The van der Waals surface area contributed by atoms with E-state index in [2.05, 4.69) is 78.8 Å². The normalized spacial score (nSPS) is 14.9. The molecule has 0 saturated carbocycles. The molecule has 8 aromatic rings. The number of amides is 3. The minimum atomic E-state index is -4.55. The molecule has 2 atom stereocenters. The number of benzene rings is 2. The van der Waals surface area contributed by atoms with Crippen LogP contribution in [0.1, 0.15) is 58.5 Å². The largest absolute Gasteiger partial charge is 0.478 e. The van der Waals surface area contributed by atoms with E-state index in [0.29, 0.717) is 69.8 Å². The van der Waals surface area contributed by atoms with Gasteiger partial charge in [-0.3, -0.25) is 24.6 Å². The molecule has 0 aliphatic carbocycles. The Labute approximate surface area is 456 Å². The van der Waals surface area contributed by atoms with Crippen LogP contribution in [-0.2, 0) is 21.9 Å². The van der Waals surface area contributed by atoms with Gasteiger partial charge in [-0.05, 0) is 112 Å². The lowest BCUT2D eigenvalue weighted by Gasteiger charge is -2.15. The van der Waals surface area contributed by atoms with E-state index in [9.17, 15) is 45.5 Å². The third-order valence-corrected chi connectivity index (χ3v) is 12.0. The van der Waals surface area contributed by atoms with Crippen molar-refractivity contribution in [3.8, 4) is 34.8 Å². The van der Waals surface area contributed by atoms with Gasteiger partial charge in [0, 0.05) is 85.8 Å². The van der Waals surface area contributed by atoms with Crippen LogP contribution in [0.2, 0.25) is 0 Å². The van der Waals surface area contributed by atoms with E-state index >= 15 is 0 Å². The Bertz CT molecular complexity index is 3630. The van der Waals surface area contributed by atoms with Crippen molar-refractivity contribution in [1.29, 1.82) is 0 Å². The molecule has 2 aromatic carbocycles. The van der Waals surface area contributed by atoms with E-state index in [1.165, 1.54) is 30.3 Å². The fourth-order valence-corrected chi connectivity index (χ4v) is 8.11. The first-order chi connectivity index (χ1) is 38.8. The summed E-state index contributed by atoms with van der Waals surface area (Å²) in [4.78, 5) is 64.5. The van der Waals surface area contributed by atoms with Gasteiger partial charge in [0.05, 0.1) is 11.1 Å². The van der Waals surface area contributed by atoms with Crippen LogP contribution in [0, 0.1) is 11.8 Å². The number of anilines is 4. The summed E-state index contributed by atoms with van der Waals surface area (Å²) in [5.74, 6) is 5.44. The van der Waals surface area contributed by atoms with Crippen LogP contribution in [0.15, 0.2) is 122 Å². The second-order valence-corrected chi connectivity index (χ2v) is 17.7. The van der Waals surface area contributed by atoms with E-state index < -0.39 is 41.3 Å². The third-order valence-electron chi connectivity index (χ3n) is 12.0. The second-order valence-electron chi connectivity index (χ2n) is 17.7. The van der Waals surface area contributed by atoms with Crippen LogP contribution in [0.4, 0.5) is 49.6 Å². The Morgan fingerprint density at radius 3 is 1.58 bits per heavy atom. The highest BCUT2D eigenvalue weighted by Gasteiger charge is 2.32. The van der Waals surface area contributed by atoms with Gasteiger partial charge >= 0.3 is 18.3 Å². The molecular formula is C54H48F6N14O7. The highest BCUT2D eigenvalue weighted by atomic mass is 19.4. The minimum absolute atomic E-state index is 0.0359. The number of aromatic nitrogens is 8. The van der Waals surface area contributed by atoms with Crippen molar-refractivity contribution < 1.29 is 60.1 Å². The molecule has 2 aliphatic heterocycles. The zero-order valence-corrected chi connectivity index (χ0v) is 42.7. The molecule has 0 radical (unpaired) electrons. The summed E-state index contributed by atoms with van der Waals surface area (Å²) >= 11 is 0. The van der Waals surface area contributed by atoms with Gasteiger partial charge in [-0.1, -0.05) is 12.0 Å². The number of rotatable bonds is 13. The van der Waals surface area contributed by atoms with E-state index in [1.54, 1.807) is 67.5 Å². The number of aromatic amines is 2. The number of halogens is 6. The average Bonchev–Trinajstić information content (AvgIpc) is 4.35. The molecule has 2 fully saturated rings. The van der Waals surface area contributed by atoms with Crippen molar-refractivity contribution in [3.63, 3.8) is 0 Å². The second kappa shape index (κ2) is 25.6. The molecule has 418 valence electrons. The zero-order valence-electron chi connectivity index (χ0n) is 42.7. The first-order valence-corrected chi connectivity index (χ1v) is 24.6. The first-order valence-electron chi connectivity index (χ1n) is 24.6. The molecule has 10 rings (SSSR count). The summed E-state index contributed by atoms with van der Waals surface area (Å²) in [6.07, 6.45) is 0.306. The number of aliphatic carboxylic acids is 1. The predicted molar refractivity (Wildman–Crippen MR) is 285 cm³/mol. The number of alkyl halides is 6. The molecule has 0 bridgehead atoms. The number of carboxylic acids is 1. The van der Waals surface area contributed by atoms with Gasteiger partial charge in [0.1, 0.15) is 45.4 Å². The van der Waals surface area contributed by atoms with E-state index in [4.69, 9.17) is 14.6 Å². The van der Waals surface area contributed by atoms with Crippen LogP contribution in [-0.4, -0.2) is 112 Å². The third kappa shape index (κ3) is 15.1. The van der Waals surface area contributed by atoms with Crippen LogP contribution >= 0.6 is 0 Å². The molecule has 8 heterocycles. The van der Waals surface area contributed by atoms with Crippen molar-refractivity contribution in [2.24, 2.45) is 0 Å². The lowest BCUT2D eigenvalue weighted by Crippen LogP contribution is -2.30. The zero-order chi connectivity index (χ0) is 57.7. The Hall–Kier alpha value is -10.1. The van der Waals surface area contributed by atoms with Gasteiger partial charge in [0.2, 0.25) is 0 Å². The van der Waals surface area contributed by atoms with Gasteiger partial charge in [0.25, 0.3) is 17.7 Å². The molecule has 3 amide bonds. The number of nitrogens with zero attached hydrogens (tertiary/aromatic N) is 7. The number of H-pyrrole nitrogens is 2. The van der Waals surface area contributed by atoms with Gasteiger partial charge in [-0.25, -0.2) is 24.7 Å². The molecule has 21 nitrogen and oxygen atoms in total. The van der Waals surface area contributed by atoms with Gasteiger partial charge < -0.3 is 46.1 Å². The molecule has 6 aromatic heterocycles. The van der Waals surface area contributed by atoms with Crippen molar-refractivity contribution in [3.05, 3.63) is 144 Å². The molecule has 8 N–H and O–H groups in total. The molecule has 0 unspecified atom stereocenters.